The molecule has 1 aromatic heterocycles. The highest BCUT2D eigenvalue weighted by Crippen LogP contribution is 2.47. The second kappa shape index (κ2) is 5.77. The van der Waals surface area contributed by atoms with Gasteiger partial charge in [-0.3, -0.25) is 0 Å². The SMILES string of the molecule is OCCC1(CNCc2ccc(-n3ccnc3)cc2)CC1. The summed E-state index contributed by atoms with van der Waals surface area (Å²) in [4.78, 5) is 4.05. The van der Waals surface area contributed by atoms with E-state index in [1.54, 1.807) is 12.5 Å². The van der Waals surface area contributed by atoms with E-state index in [1.807, 2.05) is 10.8 Å². The molecule has 0 atom stereocenters. The molecule has 0 aliphatic heterocycles. The molecule has 0 radical (unpaired) electrons. The zero-order chi connectivity index (χ0) is 13.8. The Labute approximate surface area is 119 Å². The zero-order valence-corrected chi connectivity index (χ0v) is 11.6. The molecule has 2 aromatic rings. The summed E-state index contributed by atoms with van der Waals surface area (Å²) in [5, 5.41) is 12.6. The molecule has 20 heavy (non-hydrogen) atoms. The molecule has 1 saturated carbocycles. The van der Waals surface area contributed by atoms with E-state index in [0.717, 1.165) is 25.2 Å². The fraction of sp³-hybridized carbons (Fsp3) is 0.438. The number of aromatic nitrogens is 2. The van der Waals surface area contributed by atoms with Gasteiger partial charge in [0.05, 0.1) is 6.33 Å². The van der Waals surface area contributed by atoms with Crippen LogP contribution in [-0.2, 0) is 6.54 Å². The molecule has 1 aliphatic carbocycles. The van der Waals surface area contributed by atoms with Gasteiger partial charge in [-0.15, -0.1) is 0 Å². The van der Waals surface area contributed by atoms with Crippen molar-refractivity contribution in [1.82, 2.24) is 14.9 Å². The minimum absolute atomic E-state index is 0.307. The molecule has 0 amide bonds. The number of aliphatic hydroxyl groups is 1. The number of aliphatic hydroxyl groups excluding tert-OH is 1. The van der Waals surface area contributed by atoms with Crippen molar-refractivity contribution in [3.8, 4) is 5.69 Å². The van der Waals surface area contributed by atoms with Gasteiger partial charge in [0.2, 0.25) is 0 Å². The maximum atomic E-state index is 9.04. The van der Waals surface area contributed by atoms with Gasteiger partial charge in [-0.25, -0.2) is 4.98 Å². The van der Waals surface area contributed by atoms with Crippen LogP contribution < -0.4 is 5.32 Å². The van der Waals surface area contributed by atoms with Crippen LogP contribution in [0.3, 0.4) is 0 Å². The second-order valence-electron chi connectivity index (χ2n) is 5.71. The fourth-order valence-electron chi connectivity index (χ4n) is 2.60. The van der Waals surface area contributed by atoms with E-state index in [2.05, 4.69) is 34.6 Å². The first-order valence-corrected chi connectivity index (χ1v) is 7.20. The number of benzene rings is 1. The molecule has 0 spiro atoms. The van der Waals surface area contributed by atoms with Crippen LogP contribution in [0.1, 0.15) is 24.8 Å². The minimum atomic E-state index is 0.307. The molecular formula is C16H21N3O. The summed E-state index contributed by atoms with van der Waals surface area (Å²) in [6.45, 7) is 2.20. The molecular weight excluding hydrogens is 250 g/mol. The molecule has 1 aliphatic rings. The van der Waals surface area contributed by atoms with Gasteiger partial charge in [-0.2, -0.15) is 0 Å². The number of nitrogens with zero attached hydrogens (tertiary/aromatic N) is 2. The summed E-state index contributed by atoms with van der Waals surface area (Å²) in [5.74, 6) is 0. The number of hydrogen-bond acceptors (Lipinski definition) is 3. The first-order valence-electron chi connectivity index (χ1n) is 7.20. The largest absolute Gasteiger partial charge is 0.396 e. The molecule has 4 nitrogen and oxygen atoms in total. The Bertz CT molecular complexity index is 529. The molecule has 0 bridgehead atoms. The highest BCUT2D eigenvalue weighted by molar-refractivity contribution is 5.34. The van der Waals surface area contributed by atoms with E-state index in [-0.39, 0.29) is 0 Å². The van der Waals surface area contributed by atoms with Crippen LogP contribution in [0.5, 0.6) is 0 Å². The minimum Gasteiger partial charge on any atom is -0.396 e. The Morgan fingerprint density at radius 3 is 2.65 bits per heavy atom. The molecule has 1 aromatic carbocycles. The van der Waals surface area contributed by atoms with Crippen LogP contribution in [0.4, 0.5) is 0 Å². The molecule has 106 valence electrons. The molecule has 3 rings (SSSR count). The molecule has 4 heteroatoms. The Balaban J connectivity index is 1.51. The Morgan fingerprint density at radius 2 is 2.05 bits per heavy atom. The summed E-state index contributed by atoms with van der Waals surface area (Å²) < 4.78 is 2.00. The monoisotopic (exact) mass is 271 g/mol. The van der Waals surface area contributed by atoms with Crippen LogP contribution >= 0.6 is 0 Å². The topological polar surface area (TPSA) is 50.1 Å². The van der Waals surface area contributed by atoms with Gasteiger partial charge in [0.25, 0.3) is 0 Å². The van der Waals surface area contributed by atoms with E-state index in [0.29, 0.717) is 12.0 Å². The lowest BCUT2D eigenvalue weighted by Crippen LogP contribution is -2.24. The second-order valence-corrected chi connectivity index (χ2v) is 5.71. The van der Waals surface area contributed by atoms with E-state index in [4.69, 9.17) is 5.11 Å². The van der Waals surface area contributed by atoms with Crippen molar-refractivity contribution in [3.05, 3.63) is 48.5 Å². The standard InChI is InChI=1S/C16H21N3O/c20-10-7-16(5-6-16)12-18-11-14-1-3-15(4-2-14)19-9-8-17-13-19/h1-4,8-9,13,18,20H,5-7,10-12H2. The Hall–Kier alpha value is -1.65. The molecule has 0 saturated heterocycles. The summed E-state index contributed by atoms with van der Waals surface area (Å²) in [5.41, 5.74) is 2.80. The Morgan fingerprint density at radius 1 is 1.25 bits per heavy atom. The first kappa shape index (κ1) is 13.3. The van der Waals surface area contributed by atoms with E-state index in [1.165, 1.54) is 18.4 Å². The molecule has 1 heterocycles. The highest BCUT2D eigenvalue weighted by Gasteiger charge is 2.41. The van der Waals surface area contributed by atoms with Crippen molar-refractivity contribution in [3.63, 3.8) is 0 Å². The van der Waals surface area contributed by atoms with Gasteiger partial charge < -0.3 is 15.0 Å². The zero-order valence-electron chi connectivity index (χ0n) is 11.6. The fourth-order valence-corrected chi connectivity index (χ4v) is 2.60. The van der Waals surface area contributed by atoms with Gasteiger partial charge in [0.15, 0.2) is 0 Å². The summed E-state index contributed by atoms with van der Waals surface area (Å²) in [6, 6.07) is 8.51. The lowest BCUT2D eigenvalue weighted by molar-refractivity contribution is 0.245. The van der Waals surface area contributed by atoms with Crippen molar-refractivity contribution in [2.45, 2.75) is 25.8 Å². The van der Waals surface area contributed by atoms with Crippen LogP contribution in [0.15, 0.2) is 43.0 Å². The maximum Gasteiger partial charge on any atom is 0.0991 e. The van der Waals surface area contributed by atoms with Crippen LogP contribution in [0.25, 0.3) is 5.69 Å². The van der Waals surface area contributed by atoms with E-state index < -0.39 is 0 Å². The van der Waals surface area contributed by atoms with Gasteiger partial charge in [0, 0.05) is 37.8 Å². The van der Waals surface area contributed by atoms with Crippen molar-refractivity contribution in [2.75, 3.05) is 13.2 Å². The predicted octanol–water partition coefficient (Wildman–Crippen LogP) is 2.12. The molecule has 2 N–H and O–H groups in total. The third-order valence-corrected chi connectivity index (χ3v) is 4.17. The van der Waals surface area contributed by atoms with Crippen molar-refractivity contribution >= 4 is 0 Å². The Kier molecular flexibility index (Phi) is 3.85. The first-order chi connectivity index (χ1) is 9.81. The lowest BCUT2D eigenvalue weighted by atomic mass is 10.0. The third kappa shape index (κ3) is 3.08. The average Bonchev–Trinajstić information content (AvgIpc) is 3.02. The van der Waals surface area contributed by atoms with Crippen LogP contribution in [0.2, 0.25) is 0 Å². The number of imidazole rings is 1. The highest BCUT2D eigenvalue weighted by atomic mass is 16.3. The summed E-state index contributed by atoms with van der Waals surface area (Å²) >= 11 is 0. The van der Waals surface area contributed by atoms with Gasteiger partial charge in [-0.1, -0.05) is 12.1 Å². The van der Waals surface area contributed by atoms with Crippen molar-refractivity contribution in [1.29, 1.82) is 0 Å². The van der Waals surface area contributed by atoms with Gasteiger partial charge in [0.1, 0.15) is 0 Å². The lowest BCUT2D eigenvalue weighted by Gasteiger charge is -2.14. The summed E-state index contributed by atoms with van der Waals surface area (Å²) in [7, 11) is 0. The third-order valence-electron chi connectivity index (χ3n) is 4.17. The van der Waals surface area contributed by atoms with Crippen LogP contribution in [0, 0.1) is 5.41 Å². The van der Waals surface area contributed by atoms with Gasteiger partial charge >= 0.3 is 0 Å². The number of nitrogens with one attached hydrogen (secondary N) is 1. The summed E-state index contributed by atoms with van der Waals surface area (Å²) in [6.07, 6.45) is 8.96. The van der Waals surface area contributed by atoms with Crippen molar-refractivity contribution in [2.24, 2.45) is 5.41 Å². The predicted molar refractivity (Wildman–Crippen MR) is 78.6 cm³/mol. The average molecular weight is 271 g/mol. The van der Waals surface area contributed by atoms with Crippen molar-refractivity contribution < 1.29 is 5.11 Å². The smallest absolute Gasteiger partial charge is 0.0991 e. The number of hydrogen-bond donors (Lipinski definition) is 2. The van der Waals surface area contributed by atoms with E-state index in [9.17, 15) is 0 Å². The van der Waals surface area contributed by atoms with Gasteiger partial charge in [-0.05, 0) is 42.4 Å². The normalized spacial score (nSPS) is 16.2. The molecule has 0 unspecified atom stereocenters. The van der Waals surface area contributed by atoms with E-state index >= 15 is 0 Å². The maximum absolute atomic E-state index is 9.04. The quantitative estimate of drug-likeness (QED) is 0.811. The van der Waals surface area contributed by atoms with Crippen LogP contribution in [-0.4, -0.2) is 27.8 Å². The number of rotatable bonds is 7. The molecule has 1 fully saturated rings.